The van der Waals surface area contributed by atoms with Gasteiger partial charge in [0.1, 0.15) is 5.60 Å². The molecule has 1 saturated heterocycles. The van der Waals surface area contributed by atoms with E-state index >= 15 is 0 Å². The average Bonchev–Trinajstić information content (AvgIpc) is 2.94. The monoisotopic (exact) mass is 319 g/mol. The molecule has 1 saturated carbocycles. The minimum atomic E-state index is -0.426. The summed E-state index contributed by atoms with van der Waals surface area (Å²) in [5, 5.41) is 3.65. The Bertz CT molecular complexity index is 529. The Hall–Kier alpha value is -1.49. The van der Waals surface area contributed by atoms with E-state index in [-0.39, 0.29) is 11.6 Å². The molecule has 1 amide bonds. The molecule has 2 heterocycles. The maximum absolute atomic E-state index is 12.6. The van der Waals surface area contributed by atoms with Crippen molar-refractivity contribution in [1.29, 1.82) is 0 Å². The van der Waals surface area contributed by atoms with E-state index in [4.69, 9.17) is 4.74 Å². The van der Waals surface area contributed by atoms with Crippen LogP contribution in [0.3, 0.4) is 0 Å². The molecule has 5 nitrogen and oxygen atoms in total. The summed E-state index contributed by atoms with van der Waals surface area (Å²) in [4.78, 5) is 17.8. The Morgan fingerprint density at radius 2 is 2.26 bits per heavy atom. The maximum Gasteiger partial charge on any atom is 0.410 e. The quantitative estimate of drug-likeness (QED) is 0.897. The number of aromatic nitrogens is 1. The fourth-order valence-corrected chi connectivity index (χ4v) is 3.76. The highest BCUT2D eigenvalue weighted by Crippen LogP contribution is 2.45. The number of hydrogen-bond donors (Lipinski definition) is 2. The van der Waals surface area contributed by atoms with Crippen molar-refractivity contribution in [3.63, 3.8) is 0 Å². The van der Waals surface area contributed by atoms with Crippen LogP contribution in [-0.2, 0) is 11.3 Å². The lowest BCUT2D eigenvalue weighted by Gasteiger charge is -2.54. The van der Waals surface area contributed by atoms with Crippen LogP contribution in [0.15, 0.2) is 18.3 Å². The molecule has 0 aromatic carbocycles. The third-order valence-electron chi connectivity index (χ3n) is 5.04. The van der Waals surface area contributed by atoms with Crippen molar-refractivity contribution >= 4 is 6.09 Å². The smallest absolute Gasteiger partial charge is 0.410 e. The molecular weight excluding hydrogens is 290 g/mol. The van der Waals surface area contributed by atoms with E-state index < -0.39 is 5.60 Å². The Labute approximate surface area is 138 Å². The molecule has 128 valence electrons. The first kappa shape index (κ1) is 16.4. The van der Waals surface area contributed by atoms with E-state index in [0.29, 0.717) is 6.04 Å². The number of nitrogens with one attached hydrogen (secondary N) is 2. The number of carbonyl (C=O) groups excluding carboxylic acids is 1. The number of hydrogen-bond acceptors (Lipinski definition) is 3. The maximum atomic E-state index is 12.6. The van der Waals surface area contributed by atoms with Gasteiger partial charge in [-0.1, -0.05) is 0 Å². The molecule has 1 aromatic heterocycles. The van der Waals surface area contributed by atoms with Gasteiger partial charge in [0.25, 0.3) is 0 Å². The zero-order chi connectivity index (χ0) is 16.5. The second kappa shape index (κ2) is 6.19. The molecule has 0 bridgehead atoms. The van der Waals surface area contributed by atoms with Gasteiger partial charge in [-0.3, -0.25) is 0 Å². The van der Waals surface area contributed by atoms with Crippen molar-refractivity contribution in [2.45, 2.75) is 76.6 Å². The van der Waals surface area contributed by atoms with E-state index in [1.807, 2.05) is 37.9 Å². The van der Waals surface area contributed by atoms with Crippen molar-refractivity contribution < 1.29 is 9.53 Å². The Morgan fingerprint density at radius 3 is 2.83 bits per heavy atom. The Kier molecular flexibility index (Phi) is 4.41. The number of H-pyrrole nitrogens is 1. The second-order valence-electron chi connectivity index (χ2n) is 7.98. The van der Waals surface area contributed by atoms with Gasteiger partial charge in [0, 0.05) is 36.6 Å². The number of carbonyl (C=O) groups is 1. The van der Waals surface area contributed by atoms with Crippen LogP contribution in [0.5, 0.6) is 0 Å². The highest BCUT2D eigenvalue weighted by Gasteiger charge is 2.49. The van der Waals surface area contributed by atoms with Gasteiger partial charge in [-0.05, 0) is 65.0 Å². The highest BCUT2D eigenvalue weighted by atomic mass is 16.6. The van der Waals surface area contributed by atoms with Crippen LogP contribution in [0, 0.1) is 0 Å². The minimum absolute atomic E-state index is 0.0218. The highest BCUT2D eigenvalue weighted by molar-refractivity contribution is 5.69. The second-order valence-corrected chi connectivity index (χ2v) is 7.98. The van der Waals surface area contributed by atoms with Gasteiger partial charge in [-0.25, -0.2) is 4.79 Å². The molecule has 5 heteroatoms. The standard InChI is InChI=1S/C18H29N3O2/c1-17(2,3)23-16(22)21-11-7-14(12-18(21)8-5-9-18)20-13-15-6-4-10-19-15/h4,6,10,14,19-20H,5,7-9,11-13H2,1-3H3. The summed E-state index contributed by atoms with van der Waals surface area (Å²) < 4.78 is 5.62. The van der Waals surface area contributed by atoms with E-state index in [2.05, 4.69) is 16.4 Å². The summed E-state index contributed by atoms with van der Waals surface area (Å²) in [7, 11) is 0. The lowest BCUT2D eigenvalue weighted by Crippen LogP contribution is -2.63. The van der Waals surface area contributed by atoms with Crippen LogP contribution >= 0.6 is 0 Å². The van der Waals surface area contributed by atoms with Gasteiger partial charge < -0.3 is 19.9 Å². The molecule has 2 fully saturated rings. The number of piperidine rings is 1. The lowest BCUT2D eigenvalue weighted by atomic mass is 9.69. The van der Waals surface area contributed by atoms with Crippen LogP contribution in [0.2, 0.25) is 0 Å². The summed E-state index contributed by atoms with van der Waals surface area (Å²) in [6.45, 7) is 7.45. The van der Waals surface area contributed by atoms with Crippen molar-refractivity contribution in [2.75, 3.05) is 6.54 Å². The third kappa shape index (κ3) is 3.71. The molecular formula is C18H29N3O2. The largest absolute Gasteiger partial charge is 0.444 e. The Morgan fingerprint density at radius 1 is 1.48 bits per heavy atom. The number of nitrogens with zero attached hydrogens (tertiary/aromatic N) is 1. The topological polar surface area (TPSA) is 57.4 Å². The zero-order valence-electron chi connectivity index (χ0n) is 14.5. The number of aromatic amines is 1. The zero-order valence-corrected chi connectivity index (χ0v) is 14.5. The molecule has 1 unspecified atom stereocenters. The van der Waals surface area contributed by atoms with Gasteiger partial charge in [0.2, 0.25) is 0 Å². The first-order chi connectivity index (χ1) is 10.9. The van der Waals surface area contributed by atoms with Crippen molar-refractivity contribution in [3.05, 3.63) is 24.0 Å². The first-order valence-corrected chi connectivity index (χ1v) is 8.74. The fraction of sp³-hybridized carbons (Fsp3) is 0.722. The summed E-state index contributed by atoms with van der Waals surface area (Å²) in [5.74, 6) is 0. The van der Waals surface area contributed by atoms with Crippen molar-refractivity contribution in [3.8, 4) is 0 Å². The molecule has 1 aliphatic heterocycles. The summed E-state index contributed by atoms with van der Waals surface area (Å²) >= 11 is 0. The van der Waals surface area contributed by atoms with Gasteiger partial charge in [-0.2, -0.15) is 0 Å². The summed E-state index contributed by atoms with van der Waals surface area (Å²) in [6.07, 6.45) is 7.26. The number of amides is 1. The van der Waals surface area contributed by atoms with E-state index in [0.717, 1.165) is 38.8 Å². The van der Waals surface area contributed by atoms with Gasteiger partial charge >= 0.3 is 6.09 Å². The van der Waals surface area contributed by atoms with Gasteiger partial charge in [-0.15, -0.1) is 0 Å². The predicted octanol–water partition coefficient (Wildman–Crippen LogP) is 3.43. The first-order valence-electron chi connectivity index (χ1n) is 8.74. The third-order valence-corrected chi connectivity index (χ3v) is 5.04. The van der Waals surface area contributed by atoms with Gasteiger partial charge in [0.05, 0.1) is 0 Å². The molecule has 23 heavy (non-hydrogen) atoms. The predicted molar refractivity (Wildman–Crippen MR) is 90.2 cm³/mol. The molecule has 2 aliphatic rings. The van der Waals surface area contributed by atoms with E-state index in [1.54, 1.807) is 0 Å². The number of ether oxygens (including phenoxy) is 1. The average molecular weight is 319 g/mol. The molecule has 1 spiro atoms. The van der Waals surface area contributed by atoms with Crippen LogP contribution < -0.4 is 5.32 Å². The van der Waals surface area contributed by atoms with E-state index in [1.165, 1.54) is 12.1 Å². The number of likely N-dealkylation sites (tertiary alicyclic amines) is 1. The SMILES string of the molecule is CC(C)(C)OC(=O)N1CCC(NCc2ccc[nH]2)CC12CCC2. The van der Waals surface area contributed by atoms with Crippen LogP contribution in [0.25, 0.3) is 0 Å². The molecule has 3 rings (SSSR count). The minimum Gasteiger partial charge on any atom is -0.444 e. The molecule has 1 aliphatic carbocycles. The molecule has 2 N–H and O–H groups in total. The lowest BCUT2D eigenvalue weighted by molar-refractivity contribution is -0.0494. The van der Waals surface area contributed by atoms with Crippen LogP contribution in [0.1, 0.15) is 58.6 Å². The van der Waals surface area contributed by atoms with Gasteiger partial charge in [0.15, 0.2) is 0 Å². The fourth-order valence-electron chi connectivity index (χ4n) is 3.76. The van der Waals surface area contributed by atoms with Crippen LogP contribution in [0.4, 0.5) is 4.79 Å². The molecule has 1 atom stereocenters. The van der Waals surface area contributed by atoms with Crippen LogP contribution in [-0.4, -0.2) is 39.7 Å². The molecule has 1 aromatic rings. The summed E-state index contributed by atoms with van der Waals surface area (Å²) in [6, 6.07) is 4.59. The van der Waals surface area contributed by atoms with E-state index in [9.17, 15) is 4.79 Å². The van der Waals surface area contributed by atoms with Crippen molar-refractivity contribution in [2.24, 2.45) is 0 Å². The Balaban J connectivity index is 1.59. The molecule has 0 radical (unpaired) electrons. The number of rotatable bonds is 3. The normalized spacial score (nSPS) is 23.6. The van der Waals surface area contributed by atoms with Crippen molar-refractivity contribution in [1.82, 2.24) is 15.2 Å². The summed E-state index contributed by atoms with van der Waals surface area (Å²) in [5.41, 5.74) is 0.806.